The summed E-state index contributed by atoms with van der Waals surface area (Å²) in [6.45, 7) is 0. The van der Waals surface area contributed by atoms with Crippen LogP contribution in [0.5, 0.6) is 11.5 Å². The molecule has 1 spiro atoms. The van der Waals surface area contributed by atoms with E-state index in [9.17, 15) is 5.11 Å². The second-order valence-electron chi connectivity index (χ2n) is 13.2. The van der Waals surface area contributed by atoms with Gasteiger partial charge in [0.1, 0.15) is 34.7 Å². The number of Topliss-reactive ketones (excluding diaryl/α,β-unsaturated/α-hetero) is 1. The summed E-state index contributed by atoms with van der Waals surface area (Å²) in [7, 11) is 0. The third-order valence-corrected chi connectivity index (χ3v) is 11.0. The van der Waals surface area contributed by atoms with E-state index in [-0.39, 0.29) is 11.7 Å². The number of ketones is 1. The Morgan fingerprint density at radius 2 is 1.00 bits per heavy atom. The topological polar surface area (TPSA) is 55.8 Å². The van der Waals surface area contributed by atoms with Gasteiger partial charge < -0.3 is 14.6 Å². The number of hydrogen-bond acceptors (Lipinski definition) is 4. The Morgan fingerprint density at radius 1 is 0.500 bits per heavy atom. The molecule has 0 aromatic heterocycles. The predicted molar refractivity (Wildman–Crippen MR) is 185 cm³/mol. The van der Waals surface area contributed by atoms with Crippen LogP contribution in [0, 0.1) is 11.3 Å². The fourth-order valence-corrected chi connectivity index (χ4v) is 9.25. The molecule has 4 nitrogen and oxygen atoms in total. The minimum absolute atomic E-state index is 0.124. The summed E-state index contributed by atoms with van der Waals surface area (Å²) in [6.07, 6.45) is -1.39. The van der Waals surface area contributed by atoms with Gasteiger partial charge in [-0.15, -0.1) is 0 Å². The summed E-state index contributed by atoms with van der Waals surface area (Å²) >= 11 is 0. The monoisotopic (exact) mass is 626 g/mol. The van der Waals surface area contributed by atoms with Crippen LogP contribution in [0.15, 0.2) is 170 Å². The average Bonchev–Trinajstić information content (AvgIpc) is 3.41. The quantitative estimate of drug-likeness (QED) is 0.212. The maximum atomic E-state index is 16.0. The Bertz CT molecular complexity index is 2100. The molecule has 2 aliphatic heterocycles. The fourth-order valence-electron chi connectivity index (χ4n) is 9.25. The second kappa shape index (κ2) is 11.1. The van der Waals surface area contributed by atoms with Crippen LogP contribution in [-0.4, -0.2) is 10.9 Å². The molecule has 48 heavy (non-hydrogen) atoms. The van der Waals surface area contributed by atoms with Crippen LogP contribution in [0.3, 0.4) is 0 Å². The van der Waals surface area contributed by atoms with Crippen LogP contribution < -0.4 is 9.47 Å². The SMILES string of the molecule is O=C1c2ccccc2OC(c2ccccc2)C12[C@@H](c1ccccc1)[C@H](c1ccccc1)[C@H]1[C@@H](c3ccccc3)Oc3ccccc3C12O. The van der Waals surface area contributed by atoms with Gasteiger partial charge in [0.05, 0.1) is 5.56 Å². The lowest BCUT2D eigenvalue weighted by atomic mass is 9.54. The first kappa shape index (κ1) is 28.7. The highest BCUT2D eigenvalue weighted by Gasteiger charge is 2.80. The van der Waals surface area contributed by atoms with Crippen molar-refractivity contribution in [1.29, 1.82) is 0 Å². The molecule has 1 aliphatic carbocycles. The molecule has 2 heterocycles. The number of para-hydroxylation sites is 2. The van der Waals surface area contributed by atoms with Crippen LogP contribution in [0.25, 0.3) is 0 Å². The molecule has 4 heteroatoms. The highest BCUT2D eigenvalue weighted by molar-refractivity contribution is 6.06. The molecule has 1 N–H and O–H groups in total. The molecule has 0 radical (unpaired) electrons. The van der Waals surface area contributed by atoms with Gasteiger partial charge >= 0.3 is 0 Å². The van der Waals surface area contributed by atoms with Crippen molar-refractivity contribution in [2.24, 2.45) is 11.3 Å². The zero-order valence-electron chi connectivity index (χ0n) is 26.2. The number of carbonyl (C=O) groups is 1. The van der Waals surface area contributed by atoms with Crippen molar-refractivity contribution in [1.82, 2.24) is 0 Å². The molecule has 1 fully saturated rings. The van der Waals surface area contributed by atoms with Crippen LogP contribution in [0.4, 0.5) is 0 Å². The summed E-state index contributed by atoms with van der Waals surface area (Å²) in [5, 5.41) is 14.4. The number of aliphatic hydroxyl groups is 1. The largest absolute Gasteiger partial charge is 0.485 e. The molecule has 3 aliphatic rings. The Kier molecular flexibility index (Phi) is 6.63. The maximum absolute atomic E-state index is 16.0. The highest BCUT2D eigenvalue weighted by Crippen LogP contribution is 2.78. The zero-order chi connectivity index (χ0) is 32.3. The zero-order valence-corrected chi connectivity index (χ0v) is 26.2. The normalized spacial score (nSPS) is 28.4. The van der Waals surface area contributed by atoms with E-state index in [0.29, 0.717) is 22.6 Å². The lowest BCUT2D eigenvalue weighted by Crippen LogP contribution is -2.60. The van der Waals surface area contributed by atoms with E-state index in [2.05, 4.69) is 36.4 Å². The van der Waals surface area contributed by atoms with E-state index in [4.69, 9.17) is 9.47 Å². The second-order valence-corrected chi connectivity index (χ2v) is 13.2. The summed E-state index contributed by atoms with van der Waals surface area (Å²) in [5.41, 5.74) is 1.62. The van der Waals surface area contributed by atoms with Crippen molar-refractivity contribution in [3.8, 4) is 11.5 Å². The third-order valence-electron chi connectivity index (χ3n) is 11.0. The number of benzene rings is 6. The van der Waals surface area contributed by atoms with E-state index in [0.717, 1.165) is 22.3 Å². The molecule has 3 unspecified atom stereocenters. The minimum atomic E-state index is -1.74. The maximum Gasteiger partial charge on any atom is 0.180 e. The standard InChI is InChI=1S/C44H34O4/c45-41-33-25-13-15-27-35(33)48-42(32-23-11-4-12-24-32)43(41)38(30-19-7-2-8-20-30)37(29-17-5-1-6-18-29)39-40(31-21-9-3-10-22-31)47-36-28-16-14-26-34(36)44(39,43)46/h1-28,37-40,42,46H/t37-,38-,39-,40+,42?,43?,44?/m0/s1. The average molecular weight is 627 g/mol. The summed E-state index contributed by atoms with van der Waals surface area (Å²) in [5.74, 6) is -0.460. The summed E-state index contributed by atoms with van der Waals surface area (Å²) in [6, 6.07) is 55.9. The predicted octanol–water partition coefficient (Wildman–Crippen LogP) is 9.21. The van der Waals surface area contributed by atoms with Gasteiger partial charge in [0.15, 0.2) is 5.78 Å². The first-order chi connectivity index (χ1) is 23.6. The van der Waals surface area contributed by atoms with Crippen LogP contribution >= 0.6 is 0 Å². The first-order valence-corrected chi connectivity index (χ1v) is 16.6. The summed E-state index contributed by atoms with van der Waals surface area (Å²) < 4.78 is 14.1. The lowest BCUT2D eigenvalue weighted by molar-refractivity contribution is -0.161. The molecule has 7 atom stereocenters. The summed E-state index contributed by atoms with van der Waals surface area (Å²) in [4.78, 5) is 16.0. The van der Waals surface area contributed by atoms with Crippen LogP contribution in [0.2, 0.25) is 0 Å². The van der Waals surface area contributed by atoms with Crippen molar-refractivity contribution >= 4 is 5.78 Å². The molecule has 6 aromatic carbocycles. The number of carbonyl (C=O) groups excluding carboxylic acids is 1. The number of ether oxygens (including phenoxy) is 2. The van der Waals surface area contributed by atoms with E-state index in [1.165, 1.54) is 0 Å². The molecule has 9 rings (SSSR count). The molecule has 234 valence electrons. The Balaban J connectivity index is 1.47. The fraction of sp³-hybridized carbons (Fsp3) is 0.159. The van der Waals surface area contributed by atoms with E-state index in [1.807, 2.05) is 133 Å². The molecule has 6 aromatic rings. The van der Waals surface area contributed by atoms with Gasteiger partial charge in [-0.1, -0.05) is 152 Å². The molecular weight excluding hydrogens is 592 g/mol. The van der Waals surface area contributed by atoms with E-state index >= 15 is 4.79 Å². The van der Waals surface area contributed by atoms with Gasteiger partial charge in [0, 0.05) is 23.3 Å². The van der Waals surface area contributed by atoms with Crippen LogP contribution in [-0.2, 0) is 5.60 Å². The van der Waals surface area contributed by atoms with Gasteiger partial charge in [0.25, 0.3) is 0 Å². The van der Waals surface area contributed by atoms with Gasteiger partial charge in [-0.05, 0) is 40.5 Å². The number of hydrogen-bond donors (Lipinski definition) is 1. The Morgan fingerprint density at radius 3 is 1.65 bits per heavy atom. The molecule has 1 saturated carbocycles. The van der Waals surface area contributed by atoms with Crippen molar-refractivity contribution in [3.05, 3.63) is 203 Å². The van der Waals surface area contributed by atoms with Gasteiger partial charge in [0.2, 0.25) is 0 Å². The number of rotatable bonds is 4. The number of fused-ring (bicyclic) bond motifs is 5. The lowest BCUT2D eigenvalue weighted by Gasteiger charge is -2.54. The Labute approximate surface area is 280 Å². The van der Waals surface area contributed by atoms with Crippen molar-refractivity contribution in [2.45, 2.75) is 29.6 Å². The smallest absolute Gasteiger partial charge is 0.180 e. The van der Waals surface area contributed by atoms with Crippen molar-refractivity contribution in [2.75, 3.05) is 0 Å². The molecule has 0 amide bonds. The van der Waals surface area contributed by atoms with Crippen molar-refractivity contribution in [3.63, 3.8) is 0 Å². The first-order valence-electron chi connectivity index (χ1n) is 16.6. The molecular formula is C44H34O4. The highest BCUT2D eigenvalue weighted by atomic mass is 16.5. The van der Waals surface area contributed by atoms with Crippen molar-refractivity contribution < 1.29 is 19.4 Å². The Hall–Kier alpha value is -5.45. The third kappa shape index (κ3) is 3.90. The van der Waals surface area contributed by atoms with E-state index in [1.54, 1.807) is 0 Å². The van der Waals surface area contributed by atoms with Gasteiger partial charge in [-0.3, -0.25) is 4.79 Å². The molecule has 0 saturated heterocycles. The molecule has 0 bridgehead atoms. The van der Waals surface area contributed by atoms with Crippen LogP contribution in [0.1, 0.15) is 62.2 Å². The van der Waals surface area contributed by atoms with Gasteiger partial charge in [-0.2, -0.15) is 0 Å². The van der Waals surface area contributed by atoms with E-state index < -0.39 is 35.1 Å². The van der Waals surface area contributed by atoms with Gasteiger partial charge in [-0.25, -0.2) is 0 Å². The minimum Gasteiger partial charge on any atom is -0.485 e.